The van der Waals surface area contributed by atoms with E-state index < -0.39 is 0 Å². The quantitative estimate of drug-likeness (QED) is 0.843. The highest BCUT2D eigenvalue weighted by Crippen LogP contribution is 2.22. The van der Waals surface area contributed by atoms with Crippen LogP contribution in [0.1, 0.15) is 24.9 Å². The van der Waals surface area contributed by atoms with E-state index in [0.717, 1.165) is 38.2 Å². The van der Waals surface area contributed by atoms with Crippen molar-refractivity contribution in [2.24, 2.45) is 0 Å². The van der Waals surface area contributed by atoms with Crippen LogP contribution in [0.15, 0.2) is 24.3 Å². The number of hydrogen-bond donors (Lipinski definition) is 1. The average molecular weight is 222 g/mol. The standard InChI is InChI=1S/C13H19FN2/c1-2-7-16-8-6-15-10-13(16)11-4-3-5-12(14)9-11/h3-5,9,13,15H,2,6-8,10H2,1H3. The Morgan fingerprint density at radius 1 is 1.50 bits per heavy atom. The predicted octanol–water partition coefficient (Wildman–Crippen LogP) is 2.18. The maximum absolute atomic E-state index is 13.2. The lowest BCUT2D eigenvalue weighted by atomic mass is 10.0. The molecular formula is C13H19FN2. The largest absolute Gasteiger partial charge is 0.314 e. The fraction of sp³-hybridized carbons (Fsp3) is 0.538. The second kappa shape index (κ2) is 5.41. The highest BCUT2D eigenvalue weighted by Gasteiger charge is 2.22. The summed E-state index contributed by atoms with van der Waals surface area (Å²) >= 11 is 0. The lowest BCUT2D eigenvalue weighted by molar-refractivity contribution is 0.162. The second-order valence-electron chi connectivity index (χ2n) is 4.31. The maximum atomic E-state index is 13.2. The molecule has 1 unspecified atom stereocenters. The summed E-state index contributed by atoms with van der Waals surface area (Å²) in [6.45, 7) is 6.28. The van der Waals surface area contributed by atoms with E-state index in [1.165, 1.54) is 6.07 Å². The van der Waals surface area contributed by atoms with Gasteiger partial charge < -0.3 is 5.32 Å². The molecule has 1 N–H and O–H groups in total. The number of rotatable bonds is 3. The molecule has 1 heterocycles. The molecule has 0 aliphatic carbocycles. The average Bonchev–Trinajstić information content (AvgIpc) is 2.30. The minimum atomic E-state index is -0.139. The van der Waals surface area contributed by atoms with Crippen LogP contribution in [0.2, 0.25) is 0 Å². The van der Waals surface area contributed by atoms with E-state index in [1.54, 1.807) is 12.1 Å². The van der Waals surface area contributed by atoms with Gasteiger partial charge in [-0.2, -0.15) is 0 Å². The van der Waals surface area contributed by atoms with Gasteiger partial charge in [-0.1, -0.05) is 19.1 Å². The lowest BCUT2D eigenvalue weighted by Gasteiger charge is -2.36. The van der Waals surface area contributed by atoms with Gasteiger partial charge in [-0.05, 0) is 30.7 Å². The van der Waals surface area contributed by atoms with E-state index in [-0.39, 0.29) is 5.82 Å². The van der Waals surface area contributed by atoms with Crippen molar-refractivity contribution in [1.82, 2.24) is 10.2 Å². The lowest BCUT2D eigenvalue weighted by Crippen LogP contribution is -2.46. The number of nitrogens with zero attached hydrogens (tertiary/aromatic N) is 1. The molecule has 0 spiro atoms. The first kappa shape index (κ1) is 11.6. The number of nitrogens with one attached hydrogen (secondary N) is 1. The Morgan fingerprint density at radius 3 is 3.12 bits per heavy atom. The van der Waals surface area contributed by atoms with Crippen LogP contribution in [0.5, 0.6) is 0 Å². The fourth-order valence-corrected chi connectivity index (χ4v) is 2.34. The van der Waals surface area contributed by atoms with Crippen LogP contribution in [0, 0.1) is 5.82 Å². The Kier molecular flexibility index (Phi) is 3.91. The zero-order valence-electron chi connectivity index (χ0n) is 9.75. The van der Waals surface area contributed by atoms with Crippen LogP contribution >= 0.6 is 0 Å². The van der Waals surface area contributed by atoms with Crippen molar-refractivity contribution >= 4 is 0 Å². The van der Waals surface area contributed by atoms with Gasteiger partial charge in [-0.15, -0.1) is 0 Å². The van der Waals surface area contributed by atoms with Crippen molar-refractivity contribution in [1.29, 1.82) is 0 Å². The number of benzene rings is 1. The molecule has 88 valence electrons. The van der Waals surface area contributed by atoms with Gasteiger partial charge in [-0.25, -0.2) is 4.39 Å². The van der Waals surface area contributed by atoms with Crippen molar-refractivity contribution in [3.63, 3.8) is 0 Å². The Labute approximate surface area is 96.5 Å². The van der Waals surface area contributed by atoms with E-state index in [2.05, 4.69) is 17.1 Å². The molecule has 3 heteroatoms. The van der Waals surface area contributed by atoms with Gasteiger partial charge in [0.05, 0.1) is 0 Å². The molecule has 0 aromatic heterocycles. The third-order valence-corrected chi connectivity index (χ3v) is 3.10. The molecule has 1 saturated heterocycles. The molecule has 0 amide bonds. The second-order valence-corrected chi connectivity index (χ2v) is 4.31. The molecule has 16 heavy (non-hydrogen) atoms. The van der Waals surface area contributed by atoms with Gasteiger partial charge >= 0.3 is 0 Å². The summed E-state index contributed by atoms with van der Waals surface area (Å²) in [5.74, 6) is -0.139. The SMILES string of the molecule is CCCN1CCNCC1c1cccc(F)c1. The predicted molar refractivity (Wildman–Crippen MR) is 63.9 cm³/mol. The zero-order valence-corrected chi connectivity index (χ0v) is 9.75. The van der Waals surface area contributed by atoms with E-state index in [9.17, 15) is 4.39 Å². The Bertz CT molecular complexity index is 338. The van der Waals surface area contributed by atoms with Crippen molar-refractivity contribution in [2.75, 3.05) is 26.2 Å². The molecule has 1 fully saturated rings. The number of hydrogen-bond acceptors (Lipinski definition) is 2. The third-order valence-electron chi connectivity index (χ3n) is 3.10. The summed E-state index contributed by atoms with van der Waals surface area (Å²) < 4.78 is 13.2. The van der Waals surface area contributed by atoms with E-state index in [1.807, 2.05) is 6.07 Å². The molecule has 2 rings (SSSR count). The molecule has 1 aliphatic rings. The number of halogens is 1. The van der Waals surface area contributed by atoms with E-state index in [4.69, 9.17) is 0 Å². The van der Waals surface area contributed by atoms with Gasteiger partial charge in [0.15, 0.2) is 0 Å². The fourth-order valence-electron chi connectivity index (χ4n) is 2.34. The zero-order chi connectivity index (χ0) is 11.4. The summed E-state index contributed by atoms with van der Waals surface area (Å²) in [6.07, 6.45) is 1.14. The first-order valence-corrected chi connectivity index (χ1v) is 6.01. The minimum absolute atomic E-state index is 0.139. The highest BCUT2D eigenvalue weighted by atomic mass is 19.1. The molecular weight excluding hydrogens is 203 g/mol. The van der Waals surface area contributed by atoms with Gasteiger partial charge in [0.2, 0.25) is 0 Å². The van der Waals surface area contributed by atoms with Crippen molar-refractivity contribution in [2.45, 2.75) is 19.4 Å². The number of piperazine rings is 1. The first-order chi connectivity index (χ1) is 7.81. The minimum Gasteiger partial charge on any atom is -0.314 e. The van der Waals surface area contributed by atoms with Crippen LogP contribution in [0.4, 0.5) is 4.39 Å². The van der Waals surface area contributed by atoms with Crippen LogP contribution in [0.25, 0.3) is 0 Å². The van der Waals surface area contributed by atoms with E-state index in [0.29, 0.717) is 6.04 Å². The summed E-state index contributed by atoms with van der Waals surface area (Å²) in [4.78, 5) is 2.44. The Hall–Kier alpha value is -0.930. The molecule has 0 radical (unpaired) electrons. The molecule has 1 atom stereocenters. The monoisotopic (exact) mass is 222 g/mol. The van der Waals surface area contributed by atoms with E-state index >= 15 is 0 Å². The van der Waals surface area contributed by atoms with Crippen LogP contribution in [0.3, 0.4) is 0 Å². The summed E-state index contributed by atoms with van der Waals surface area (Å²) in [6, 6.07) is 7.29. The van der Waals surface area contributed by atoms with Gasteiger partial charge in [0, 0.05) is 25.7 Å². The summed E-state index contributed by atoms with van der Waals surface area (Å²) in [7, 11) is 0. The molecule has 0 bridgehead atoms. The van der Waals surface area contributed by atoms with Crippen LogP contribution < -0.4 is 5.32 Å². The first-order valence-electron chi connectivity index (χ1n) is 6.01. The molecule has 1 aliphatic heterocycles. The Balaban J connectivity index is 2.16. The molecule has 1 aromatic carbocycles. The van der Waals surface area contributed by atoms with Gasteiger partial charge in [0.1, 0.15) is 5.82 Å². The smallest absolute Gasteiger partial charge is 0.123 e. The summed E-state index contributed by atoms with van der Waals surface area (Å²) in [5, 5.41) is 3.38. The Morgan fingerprint density at radius 2 is 2.38 bits per heavy atom. The highest BCUT2D eigenvalue weighted by molar-refractivity contribution is 5.21. The van der Waals surface area contributed by atoms with Crippen LogP contribution in [-0.4, -0.2) is 31.1 Å². The maximum Gasteiger partial charge on any atom is 0.123 e. The summed E-state index contributed by atoms with van der Waals surface area (Å²) in [5.41, 5.74) is 1.08. The topological polar surface area (TPSA) is 15.3 Å². The van der Waals surface area contributed by atoms with Crippen molar-refractivity contribution < 1.29 is 4.39 Å². The van der Waals surface area contributed by atoms with Gasteiger partial charge in [0.25, 0.3) is 0 Å². The normalized spacial score (nSPS) is 22.2. The third kappa shape index (κ3) is 2.60. The van der Waals surface area contributed by atoms with Gasteiger partial charge in [-0.3, -0.25) is 4.90 Å². The van der Waals surface area contributed by atoms with Crippen molar-refractivity contribution in [3.05, 3.63) is 35.6 Å². The molecule has 2 nitrogen and oxygen atoms in total. The molecule has 1 aromatic rings. The molecule has 0 saturated carbocycles. The van der Waals surface area contributed by atoms with Crippen LogP contribution in [-0.2, 0) is 0 Å². The van der Waals surface area contributed by atoms with Crippen molar-refractivity contribution in [3.8, 4) is 0 Å².